The third-order valence-electron chi connectivity index (χ3n) is 3.89. The van der Waals surface area contributed by atoms with Gasteiger partial charge in [-0.2, -0.15) is 0 Å². The minimum atomic E-state index is -0.994. The molecule has 0 unspecified atom stereocenters. The molecule has 3 rings (SSSR count). The molecule has 1 aromatic carbocycles. The molecule has 2 N–H and O–H groups in total. The van der Waals surface area contributed by atoms with Gasteiger partial charge >= 0.3 is 5.97 Å². The number of rotatable bonds is 3. The molecular formula is C15H15NO4. The minimum absolute atomic E-state index is 0.302. The number of ether oxygens (including phenoxy) is 1. The van der Waals surface area contributed by atoms with Crippen molar-refractivity contribution in [3.8, 4) is 0 Å². The number of nitrogens with one attached hydrogen (secondary N) is 1. The number of benzene rings is 1. The average Bonchev–Trinajstić information content (AvgIpc) is 3.01. The second-order valence-electron chi connectivity index (χ2n) is 5.14. The molecule has 1 amide bonds. The van der Waals surface area contributed by atoms with Crippen LogP contribution >= 0.6 is 0 Å². The van der Waals surface area contributed by atoms with E-state index in [2.05, 4.69) is 5.32 Å². The van der Waals surface area contributed by atoms with E-state index in [1.54, 1.807) is 18.2 Å². The van der Waals surface area contributed by atoms with Gasteiger partial charge in [0.05, 0.1) is 18.1 Å². The number of amides is 1. The molecule has 2 aliphatic rings. The summed E-state index contributed by atoms with van der Waals surface area (Å²) in [7, 11) is 0. The molecule has 0 radical (unpaired) electrons. The second-order valence-corrected chi connectivity index (χ2v) is 5.14. The number of aliphatic carboxylic acids is 1. The zero-order chi connectivity index (χ0) is 14.3. The van der Waals surface area contributed by atoms with Crippen LogP contribution in [0.5, 0.6) is 0 Å². The number of carboxylic acid groups (broad SMARTS) is 1. The number of carboxylic acids is 1. The van der Waals surface area contributed by atoms with Crippen LogP contribution in [-0.2, 0) is 14.3 Å². The number of anilines is 1. The number of carbonyl (C=O) groups is 2. The largest absolute Gasteiger partial charge is 0.481 e. The third kappa shape index (κ3) is 2.00. The van der Waals surface area contributed by atoms with Gasteiger partial charge in [-0.1, -0.05) is 30.4 Å². The van der Waals surface area contributed by atoms with Gasteiger partial charge in [0.15, 0.2) is 0 Å². The topological polar surface area (TPSA) is 75.6 Å². The number of carbonyl (C=O) groups excluding carboxylic acids is 1. The van der Waals surface area contributed by atoms with Gasteiger partial charge in [-0.05, 0) is 18.6 Å². The maximum atomic E-state index is 12.4. The number of para-hydroxylation sites is 1. The van der Waals surface area contributed by atoms with Crippen molar-refractivity contribution >= 4 is 17.6 Å². The van der Waals surface area contributed by atoms with Crippen LogP contribution in [0.25, 0.3) is 0 Å². The van der Waals surface area contributed by atoms with Gasteiger partial charge < -0.3 is 15.2 Å². The summed E-state index contributed by atoms with van der Waals surface area (Å²) in [5.41, 5.74) is 1.64. The number of fused-ring (bicyclic) bond motifs is 2. The maximum absolute atomic E-state index is 12.4. The predicted molar refractivity (Wildman–Crippen MR) is 72.2 cm³/mol. The first kappa shape index (κ1) is 12.9. The quantitative estimate of drug-likeness (QED) is 0.820. The lowest BCUT2D eigenvalue weighted by Crippen LogP contribution is -2.39. The summed E-state index contributed by atoms with van der Waals surface area (Å²) < 4.78 is 5.50. The predicted octanol–water partition coefficient (Wildman–Crippen LogP) is 1.59. The fourth-order valence-electron chi connectivity index (χ4n) is 2.84. The first-order valence-corrected chi connectivity index (χ1v) is 6.51. The van der Waals surface area contributed by atoms with E-state index in [4.69, 9.17) is 4.74 Å². The van der Waals surface area contributed by atoms with Crippen molar-refractivity contribution < 1.29 is 19.4 Å². The molecule has 20 heavy (non-hydrogen) atoms. The molecule has 0 saturated carbocycles. The van der Waals surface area contributed by atoms with Crippen molar-refractivity contribution in [1.29, 1.82) is 0 Å². The number of aryl methyl sites for hydroxylation is 1. The van der Waals surface area contributed by atoms with Crippen molar-refractivity contribution in [1.82, 2.24) is 0 Å². The van der Waals surface area contributed by atoms with E-state index >= 15 is 0 Å². The molecule has 1 aromatic rings. The van der Waals surface area contributed by atoms with E-state index < -0.39 is 30.0 Å². The molecule has 5 heteroatoms. The Bertz CT molecular complexity index is 595. The molecular weight excluding hydrogens is 258 g/mol. The lowest BCUT2D eigenvalue weighted by atomic mass is 9.82. The highest BCUT2D eigenvalue weighted by Crippen LogP contribution is 2.39. The summed E-state index contributed by atoms with van der Waals surface area (Å²) in [6, 6.07) is 7.40. The van der Waals surface area contributed by atoms with Gasteiger partial charge in [0.25, 0.3) is 0 Å². The Hall–Kier alpha value is -2.14. The highest BCUT2D eigenvalue weighted by atomic mass is 16.5. The molecule has 2 bridgehead atoms. The van der Waals surface area contributed by atoms with E-state index in [1.807, 2.05) is 25.1 Å². The molecule has 2 heterocycles. The Balaban J connectivity index is 1.82. The fourth-order valence-corrected chi connectivity index (χ4v) is 2.84. The van der Waals surface area contributed by atoms with E-state index in [0.29, 0.717) is 5.69 Å². The van der Waals surface area contributed by atoms with E-state index in [9.17, 15) is 14.7 Å². The minimum Gasteiger partial charge on any atom is -0.481 e. The van der Waals surface area contributed by atoms with Gasteiger partial charge in [-0.15, -0.1) is 0 Å². The lowest BCUT2D eigenvalue weighted by Gasteiger charge is -2.21. The van der Waals surface area contributed by atoms with Crippen molar-refractivity contribution in [2.45, 2.75) is 19.1 Å². The van der Waals surface area contributed by atoms with Crippen molar-refractivity contribution in [3.63, 3.8) is 0 Å². The van der Waals surface area contributed by atoms with E-state index in [-0.39, 0.29) is 5.91 Å². The zero-order valence-electron chi connectivity index (χ0n) is 10.9. The second kappa shape index (κ2) is 4.76. The SMILES string of the molecule is Cc1ccccc1NC(=O)[C@@H]1[C@@H](C(=O)O)[C@@H]2C=C[C@H]1O2. The average molecular weight is 273 g/mol. The first-order chi connectivity index (χ1) is 9.58. The zero-order valence-corrected chi connectivity index (χ0v) is 10.9. The Morgan fingerprint density at radius 3 is 2.45 bits per heavy atom. The molecule has 1 saturated heterocycles. The molecule has 2 aliphatic heterocycles. The Morgan fingerprint density at radius 1 is 1.15 bits per heavy atom. The Labute approximate surface area is 116 Å². The van der Waals surface area contributed by atoms with Gasteiger partial charge in [0.1, 0.15) is 5.92 Å². The first-order valence-electron chi connectivity index (χ1n) is 6.51. The standard InChI is InChI=1S/C15H15NO4/c1-8-4-2-3-5-9(8)16-14(17)12-10-6-7-11(20-10)13(12)15(18)19/h2-7,10-13H,1H3,(H,16,17)(H,18,19)/t10-,11+,12+,13+/m1/s1. The van der Waals surface area contributed by atoms with Gasteiger partial charge in [0, 0.05) is 5.69 Å². The maximum Gasteiger partial charge on any atom is 0.310 e. The van der Waals surface area contributed by atoms with Crippen LogP contribution in [0.2, 0.25) is 0 Å². The molecule has 4 atom stereocenters. The smallest absolute Gasteiger partial charge is 0.310 e. The lowest BCUT2D eigenvalue weighted by molar-refractivity contribution is -0.145. The van der Waals surface area contributed by atoms with Gasteiger partial charge in [-0.25, -0.2) is 0 Å². The Kier molecular flexibility index (Phi) is 3.06. The highest BCUT2D eigenvalue weighted by molar-refractivity contribution is 5.97. The van der Waals surface area contributed by atoms with E-state index in [1.165, 1.54) is 0 Å². The summed E-state index contributed by atoms with van der Waals surface area (Å²) in [5.74, 6) is -2.79. The van der Waals surface area contributed by atoms with Crippen LogP contribution in [0.4, 0.5) is 5.69 Å². The van der Waals surface area contributed by atoms with Crippen LogP contribution in [0.15, 0.2) is 36.4 Å². The van der Waals surface area contributed by atoms with Crippen molar-refractivity contribution in [2.75, 3.05) is 5.32 Å². The molecule has 104 valence electrons. The van der Waals surface area contributed by atoms with Crippen LogP contribution in [0.3, 0.4) is 0 Å². The Morgan fingerprint density at radius 2 is 1.80 bits per heavy atom. The van der Waals surface area contributed by atoms with Crippen molar-refractivity contribution in [2.24, 2.45) is 11.8 Å². The molecule has 1 fully saturated rings. The molecule has 0 aliphatic carbocycles. The summed E-state index contributed by atoms with van der Waals surface area (Å²) in [5, 5.41) is 12.1. The fraction of sp³-hybridized carbons (Fsp3) is 0.333. The third-order valence-corrected chi connectivity index (χ3v) is 3.89. The summed E-state index contributed by atoms with van der Waals surface area (Å²) in [4.78, 5) is 23.7. The van der Waals surface area contributed by atoms with E-state index in [0.717, 1.165) is 5.56 Å². The highest BCUT2D eigenvalue weighted by Gasteiger charge is 2.53. The van der Waals surface area contributed by atoms with Crippen LogP contribution < -0.4 is 5.32 Å². The monoisotopic (exact) mass is 273 g/mol. The normalized spacial score (nSPS) is 30.4. The summed E-state index contributed by atoms with van der Waals surface area (Å²) in [6.07, 6.45) is 2.56. The van der Waals surface area contributed by atoms with Gasteiger partial charge in [-0.3, -0.25) is 9.59 Å². The van der Waals surface area contributed by atoms with Crippen LogP contribution in [0.1, 0.15) is 5.56 Å². The molecule has 0 spiro atoms. The summed E-state index contributed by atoms with van der Waals surface area (Å²) in [6.45, 7) is 1.89. The van der Waals surface area contributed by atoms with Gasteiger partial charge in [0.2, 0.25) is 5.91 Å². The number of hydrogen-bond acceptors (Lipinski definition) is 3. The molecule has 0 aromatic heterocycles. The van der Waals surface area contributed by atoms with Crippen molar-refractivity contribution in [3.05, 3.63) is 42.0 Å². The van der Waals surface area contributed by atoms with Crippen LogP contribution in [-0.4, -0.2) is 29.2 Å². The number of hydrogen-bond donors (Lipinski definition) is 2. The molecule has 5 nitrogen and oxygen atoms in total. The summed E-state index contributed by atoms with van der Waals surface area (Å²) >= 11 is 0. The van der Waals surface area contributed by atoms with Crippen LogP contribution in [0, 0.1) is 18.8 Å².